The highest BCUT2D eigenvalue weighted by Gasteiger charge is 2.16. The Morgan fingerprint density at radius 1 is 1.14 bits per heavy atom. The summed E-state index contributed by atoms with van der Waals surface area (Å²) in [5.74, 6) is 0.720. The lowest BCUT2D eigenvalue weighted by Gasteiger charge is -2.20. The number of hydrogen-bond donors (Lipinski definition) is 1. The summed E-state index contributed by atoms with van der Waals surface area (Å²) in [6, 6.07) is 13.5. The molecule has 0 spiro atoms. The van der Waals surface area contributed by atoms with Crippen LogP contribution in [0.3, 0.4) is 0 Å². The number of halogens is 1. The lowest BCUT2D eigenvalue weighted by Crippen LogP contribution is -2.24. The molecule has 1 atom stereocenters. The molecule has 0 aliphatic rings. The Bertz CT molecular complexity index is 580. The molecule has 0 aliphatic heterocycles. The number of nitrogens with one attached hydrogen (secondary N) is 1. The zero-order valence-corrected chi connectivity index (χ0v) is 12.8. The summed E-state index contributed by atoms with van der Waals surface area (Å²) in [6.45, 7) is 4.64. The Morgan fingerprint density at radius 3 is 2.48 bits per heavy atom. The van der Waals surface area contributed by atoms with Crippen molar-refractivity contribution in [2.24, 2.45) is 0 Å². The molecule has 0 aliphatic carbocycles. The first-order valence-electron chi connectivity index (χ1n) is 7.27. The molecule has 1 unspecified atom stereocenters. The predicted octanol–water partition coefficient (Wildman–Crippen LogP) is 4.04. The van der Waals surface area contributed by atoms with Gasteiger partial charge in [-0.25, -0.2) is 4.39 Å². The van der Waals surface area contributed by atoms with Crippen LogP contribution in [0.5, 0.6) is 5.75 Å². The highest BCUT2D eigenvalue weighted by atomic mass is 19.1. The van der Waals surface area contributed by atoms with Crippen LogP contribution in [0.1, 0.15) is 29.7 Å². The molecule has 0 saturated heterocycles. The van der Waals surface area contributed by atoms with Crippen LogP contribution in [-0.2, 0) is 6.42 Å². The van der Waals surface area contributed by atoms with Gasteiger partial charge in [0.15, 0.2) is 0 Å². The van der Waals surface area contributed by atoms with E-state index in [4.69, 9.17) is 4.74 Å². The summed E-state index contributed by atoms with van der Waals surface area (Å²) in [4.78, 5) is 0. The van der Waals surface area contributed by atoms with Crippen molar-refractivity contribution >= 4 is 0 Å². The monoisotopic (exact) mass is 287 g/mol. The number of hydrogen-bond acceptors (Lipinski definition) is 2. The number of ether oxygens (including phenoxy) is 1. The first-order valence-corrected chi connectivity index (χ1v) is 7.27. The van der Waals surface area contributed by atoms with Crippen molar-refractivity contribution < 1.29 is 9.13 Å². The third-order valence-electron chi connectivity index (χ3n) is 3.65. The zero-order valence-electron chi connectivity index (χ0n) is 12.8. The fourth-order valence-corrected chi connectivity index (χ4v) is 2.48. The first-order chi connectivity index (χ1) is 10.2. The number of methoxy groups -OCH3 is 1. The van der Waals surface area contributed by atoms with Gasteiger partial charge in [-0.2, -0.15) is 0 Å². The normalized spacial score (nSPS) is 12.2. The predicted molar refractivity (Wildman–Crippen MR) is 84.3 cm³/mol. The van der Waals surface area contributed by atoms with Gasteiger partial charge in [0.1, 0.15) is 11.6 Å². The van der Waals surface area contributed by atoms with Crippen molar-refractivity contribution in [1.29, 1.82) is 0 Å². The maximum atomic E-state index is 14.3. The summed E-state index contributed by atoms with van der Waals surface area (Å²) in [6.07, 6.45) is 0.748. The third kappa shape index (κ3) is 3.82. The number of benzene rings is 2. The van der Waals surface area contributed by atoms with Crippen LogP contribution in [0.4, 0.5) is 4.39 Å². The molecular weight excluding hydrogens is 265 g/mol. The molecule has 0 amide bonds. The van der Waals surface area contributed by atoms with Crippen molar-refractivity contribution in [3.63, 3.8) is 0 Å². The molecule has 1 N–H and O–H groups in total. The van der Waals surface area contributed by atoms with Crippen LogP contribution in [0, 0.1) is 12.7 Å². The second kappa shape index (κ2) is 7.23. The van der Waals surface area contributed by atoms with Gasteiger partial charge in [-0.15, -0.1) is 0 Å². The minimum Gasteiger partial charge on any atom is -0.497 e. The van der Waals surface area contributed by atoms with Gasteiger partial charge in [-0.3, -0.25) is 0 Å². The average Bonchev–Trinajstić information content (AvgIpc) is 2.50. The summed E-state index contributed by atoms with van der Waals surface area (Å²) in [5.41, 5.74) is 2.57. The van der Waals surface area contributed by atoms with Crippen LogP contribution in [0.2, 0.25) is 0 Å². The van der Waals surface area contributed by atoms with E-state index in [1.807, 2.05) is 43.3 Å². The summed E-state index contributed by atoms with van der Waals surface area (Å²) in [5, 5.41) is 3.37. The van der Waals surface area contributed by atoms with Crippen molar-refractivity contribution in [2.45, 2.75) is 26.3 Å². The average molecular weight is 287 g/mol. The molecule has 2 rings (SSSR count). The molecule has 112 valence electrons. The SMILES string of the molecule is CCNC(Cc1ccc(OC)cc1)c1cccc(C)c1F. The molecular formula is C18H22FNO. The minimum atomic E-state index is -0.114. The van der Waals surface area contributed by atoms with Crippen molar-refractivity contribution in [1.82, 2.24) is 5.32 Å². The van der Waals surface area contributed by atoms with E-state index >= 15 is 0 Å². The molecule has 2 aromatic carbocycles. The molecule has 0 radical (unpaired) electrons. The maximum Gasteiger partial charge on any atom is 0.130 e. The second-order valence-corrected chi connectivity index (χ2v) is 5.14. The van der Waals surface area contributed by atoms with Gasteiger partial charge in [0, 0.05) is 11.6 Å². The smallest absolute Gasteiger partial charge is 0.130 e. The first kappa shape index (κ1) is 15.5. The summed E-state index contributed by atoms with van der Waals surface area (Å²) < 4.78 is 19.5. The van der Waals surface area contributed by atoms with Gasteiger partial charge in [-0.05, 0) is 43.1 Å². The molecule has 2 aromatic rings. The Labute approximate surface area is 126 Å². The number of aryl methyl sites for hydroxylation is 1. The molecule has 0 saturated carbocycles. The van der Waals surface area contributed by atoms with E-state index in [0.717, 1.165) is 29.8 Å². The Kier molecular flexibility index (Phi) is 5.34. The maximum absolute atomic E-state index is 14.3. The van der Waals surface area contributed by atoms with Gasteiger partial charge in [0.05, 0.1) is 7.11 Å². The van der Waals surface area contributed by atoms with Crippen LogP contribution < -0.4 is 10.1 Å². The van der Waals surface area contributed by atoms with E-state index in [0.29, 0.717) is 5.56 Å². The Morgan fingerprint density at radius 2 is 1.86 bits per heavy atom. The second-order valence-electron chi connectivity index (χ2n) is 5.14. The van der Waals surface area contributed by atoms with E-state index in [-0.39, 0.29) is 11.9 Å². The Balaban J connectivity index is 2.24. The standard InChI is InChI=1S/C18H22FNO/c1-4-20-17(16-7-5-6-13(2)18(16)19)12-14-8-10-15(21-3)11-9-14/h5-11,17,20H,4,12H2,1-3H3. The third-order valence-corrected chi connectivity index (χ3v) is 3.65. The highest BCUT2D eigenvalue weighted by Crippen LogP contribution is 2.24. The molecule has 0 heterocycles. The molecule has 21 heavy (non-hydrogen) atoms. The highest BCUT2D eigenvalue weighted by molar-refractivity contribution is 5.31. The van der Waals surface area contributed by atoms with Gasteiger partial charge < -0.3 is 10.1 Å². The zero-order chi connectivity index (χ0) is 15.2. The van der Waals surface area contributed by atoms with Gasteiger partial charge in [0.2, 0.25) is 0 Å². The van der Waals surface area contributed by atoms with Gasteiger partial charge >= 0.3 is 0 Å². The number of rotatable bonds is 6. The Hall–Kier alpha value is -1.87. The van der Waals surface area contributed by atoms with Crippen LogP contribution >= 0.6 is 0 Å². The topological polar surface area (TPSA) is 21.3 Å². The van der Waals surface area contributed by atoms with E-state index in [2.05, 4.69) is 5.32 Å². The van der Waals surface area contributed by atoms with Crippen molar-refractivity contribution in [3.8, 4) is 5.75 Å². The van der Waals surface area contributed by atoms with Crippen LogP contribution in [0.25, 0.3) is 0 Å². The van der Waals surface area contributed by atoms with Crippen LogP contribution in [0.15, 0.2) is 42.5 Å². The molecule has 3 heteroatoms. The molecule has 0 aromatic heterocycles. The molecule has 0 bridgehead atoms. The molecule has 0 fully saturated rings. The van der Waals surface area contributed by atoms with E-state index in [1.165, 1.54) is 0 Å². The summed E-state index contributed by atoms with van der Waals surface area (Å²) in [7, 11) is 1.65. The van der Waals surface area contributed by atoms with Gasteiger partial charge in [0.25, 0.3) is 0 Å². The van der Waals surface area contributed by atoms with E-state index in [1.54, 1.807) is 20.1 Å². The van der Waals surface area contributed by atoms with Crippen LogP contribution in [-0.4, -0.2) is 13.7 Å². The lowest BCUT2D eigenvalue weighted by atomic mass is 9.97. The fraction of sp³-hybridized carbons (Fsp3) is 0.333. The van der Waals surface area contributed by atoms with Crippen molar-refractivity contribution in [3.05, 3.63) is 65.0 Å². The fourth-order valence-electron chi connectivity index (χ4n) is 2.48. The quantitative estimate of drug-likeness (QED) is 0.866. The van der Waals surface area contributed by atoms with E-state index < -0.39 is 0 Å². The molecule has 2 nitrogen and oxygen atoms in total. The van der Waals surface area contributed by atoms with Crippen molar-refractivity contribution in [2.75, 3.05) is 13.7 Å². The van der Waals surface area contributed by atoms with E-state index in [9.17, 15) is 4.39 Å². The van der Waals surface area contributed by atoms with Gasteiger partial charge in [-0.1, -0.05) is 37.3 Å². The largest absolute Gasteiger partial charge is 0.497 e. The lowest BCUT2D eigenvalue weighted by molar-refractivity contribution is 0.414. The summed E-state index contributed by atoms with van der Waals surface area (Å²) >= 11 is 0. The minimum absolute atomic E-state index is 0.0247. The number of likely N-dealkylation sites (N-methyl/N-ethyl adjacent to an activating group) is 1.